The minimum Gasteiger partial charge on any atom is -0.352 e. The van der Waals surface area contributed by atoms with Gasteiger partial charge in [0.2, 0.25) is 0 Å². The zero-order valence-corrected chi connectivity index (χ0v) is 15.6. The molecule has 0 heterocycles. The summed E-state index contributed by atoms with van der Waals surface area (Å²) in [5.41, 5.74) is 2.83. The van der Waals surface area contributed by atoms with Gasteiger partial charge in [-0.25, -0.2) is 8.42 Å². The second kappa shape index (κ2) is 8.16. The average Bonchev–Trinajstić information content (AvgIpc) is 2.58. The van der Waals surface area contributed by atoms with Gasteiger partial charge in [0.05, 0.1) is 10.6 Å². The van der Waals surface area contributed by atoms with Gasteiger partial charge < -0.3 is 5.32 Å². The Balaban J connectivity index is 2.14. The number of amides is 1. The Morgan fingerprint density at radius 3 is 2.36 bits per heavy atom. The van der Waals surface area contributed by atoms with E-state index in [4.69, 9.17) is 0 Å². The number of hydrogen-bond acceptors (Lipinski definition) is 3. The summed E-state index contributed by atoms with van der Waals surface area (Å²) >= 11 is 0. The summed E-state index contributed by atoms with van der Waals surface area (Å²) in [4.78, 5) is 12.1. The van der Waals surface area contributed by atoms with Gasteiger partial charge in [-0.3, -0.25) is 9.52 Å². The normalized spacial score (nSPS) is 11.2. The zero-order chi connectivity index (χ0) is 18.4. The molecule has 0 bridgehead atoms. The molecule has 2 aromatic rings. The first-order chi connectivity index (χ1) is 11.8. The predicted octanol–water partition coefficient (Wildman–Crippen LogP) is 3.63. The zero-order valence-electron chi connectivity index (χ0n) is 14.8. The van der Waals surface area contributed by atoms with Crippen LogP contribution in [0.25, 0.3) is 0 Å². The van der Waals surface area contributed by atoms with Crippen LogP contribution < -0.4 is 10.0 Å². The summed E-state index contributed by atoms with van der Waals surface area (Å²) in [7, 11) is -3.70. The van der Waals surface area contributed by atoms with Gasteiger partial charge in [0.25, 0.3) is 15.9 Å². The van der Waals surface area contributed by atoms with Gasteiger partial charge in [-0.15, -0.1) is 0 Å². The Kier molecular flexibility index (Phi) is 6.20. The van der Waals surface area contributed by atoms with E-state index in [-0.39, 0.29) is 10.8 Å². The molecule has 6 heteroatoms. The number of unbranched alkanes of at least 4 members (excludes halogenated alkanes) is 1. The molecular weight excluding hydrogens is 336 g/mol. The van der Waals surface area contributed by atoms with Crippen molar-refractivity contribution in [1.29, 1.82) is 0 Å². The number of nitrogens with one attached hydrogen (secondary N) is 2. The van der Waals surface area contributed by atoms with Crippen LogP contribution in [0.2, 0.25) is 0 Å². The highest BCUT2D eigenvalue weighted by Crippen LogP contribution is 2.21. The first-order valence-electron chi connectivity index (χ1n) is 8.32. The molecule has 25 heavy (non-hydrogen) atoms. The standard InChI is InChI=1S/C19H24N2O3S/c1-4-5-12-20-19(22)16-8-10-17(11-9-16)25(23,24)21-18-13-14(2)6-7-15(18)3/h6-11,13,21H,4-5,12H2,1-3H3,(H,20,22). The molecular formula is C19H24N2O3S. The summed E-state index contributed by atoms with van der Waals surface area (Å²) in [6, 6.07) is 11.5. The maximum Gasteiger partial charge on any atom is 0.261 e. The van der Waals surface area contributed by atoms with Crippen LogP contribution in [0.3, 0.4) is 0 Å². The summed E-state index contributed by atoms with van der Waals surface area (Å²) in [5.74, 6) is -0.195. The van der Waals surface area contributed by atoms with Gasteiger partial charge in [0, 0.05) is 12.1 Å². The molecule has 0 saturated carbocycles. The SMILES string of the molecule is CCCCNC(=O)c1ccc(S(=O)(=O)Nc2cc(C)ccc2C)cc1. The van der Waals surface area contributed by atoms with Crippen LogP contribution in [-0.2, 0) is 10.0 Å². The van der Waals surface area contributed by atoms with Crippen LogP contribution in [0.1, 0.15) is 41.3 Å². The van der Waals surface area contributed by atoms with Crippen LogP contribution >= 0.6 is 0 Å². The molecule has 0 aliphatic carbocycles. The van der Waals surface area contributed by atoms with Crippen LogP contribution in [-0.4, -0.2) is 20.9 Å². The monoisotopic (exact) mass is 360 g/mol. The van der Waals surface area contributed by atoms with Crippen molar-refractivity contribution in [2.75, 3.05) is 11.3 Å². The molecule has 0 atom stereocenters. The fraction of sp³-hybridized carbons (Fsp3) is 0.316. The third-order valence-electron chi connectivity index (χ3n) is 3.88. The second-order valence-electron chi connectivity index (χ2n) is 6.06. The van der Waals surface area contributed by atoms with E-state index in [0.717, 1.165) is 24.0 Å². The highest BCUT2D eigenvalue weighted by Gasteiger charge is 2.16. The molecule has 0 saturated heterocycles. The van der Waals surface area contributed by atoms with E-state index in [0.29, 0.717) is 17.8 Å². The first-order valence-corrected chi connectivity index (χ1v) is 9.80. The van der Waals surface area contributed by atoms with Gasteiger partial charge in [-0.2, -0.15) is 0 Å². The van der Waals surface area contributed by atoms with Crippen molar-refractivity contribution in [3.8, 4) is 0 Å². The van der Waals surface area contributed by atoms with Crippen molar-refractivity contribution in [3.63, 3.8) is 0 Å². The molecule has 2 rings (SSSR count). The summed E-state index contributed by atoms with van der Waals surface area (Å²) in [6.07, 6.45) is 1.92. The Morgan fingerprint density at radius 2 is 1.72 bits per heavy atom. The van der Waals surface area contributed by atoms with Gasteiger partial charge in [0.15, 0.2) is 0 Å². The van der Waals surface area contributed by atoms with Gasteiger partial charge in [-0.1, -0.05) is 25.5 Å². The number of anilines is 1. The summed E-state index contributed by atoms with van der Waals surface area (Å²) < 4.78 is 27.7. The number of benzene rings is 2. The van der Waals surface area contributed by atoms with Crippen molar-refractivity contribution in [2.45, 2.75) is 38.5 Å². The van der Waals surface area contributed by atoms with E-state index in [9.17, 15) is 13.2 Å². The molecule has 0 radical (unpaired) electrons. The number of carbonyl (C=O) groups is 1. The Hall–Kier alpha value is -2.34. The molecule has 0 unspecified atom stereocenters. The minimum atomic E-state index is -3.70. The average molecular weight is 360 g/mol. The quantitative estimate of drug-likeness (QED) is 0.740. The van der Waals surface area contributed by atoms with Gasteiger partial charge in [0.1, 0.15) is 0 Å². The number of carbonyl (C=O) groups excluding carboxylic acids is 1. The topological polar surface area (TPSA) is 75.3 Å². The third-order valence-corrected chi connectivity index (χ3v) is 5.26. The molecule has 1 amide bonds. The highest BCUT2D eigenvalue weighted by atomic mass is 32.2. The maximum absolute atomic E-state index is 12.5. The van der Waals surface area contributed by atoms with E-state index < -0.39 is 10.0 Å². The predicted molar refractivity (Wildman–Crippen MR) is 100 cm³/mol. The second-order valence-corrected chi connectivity index (χ2v) is 7.74. The lowest BCUT2D eigenvalue weighted by Gasteiger charge is -2.12. The van der Waals surface area contributed by atoms with Crippen LogP contribution in [0, 0.1) is 13.8 Å². The lowest BCUT2D eigenvalue weighted by molar-refractivity contribution is 0.0953. The highest BCUT2D eigenvalue weighted by molar-refractivity contribution is 7.92. The largest absolute Gasteiger partial charge is 0.352 e. The van der Waals surface area contributed by atoms with E-state index in [2.05, 4.69) is 17.0 Å². The van der Waals surface area contributed by atoms with Gasteiger partial charge >= 0.3 is 0 Å². The van der Waals surface area contributed by atoms with E-state index in [1.54, 1.807) is 6.07 Å². The van der Waals surface area contributed by atoms with Crippen molar-refractivity contribution >= 4 is 21.6 Å². The van der Waals surface area contributed by atoms with Crippen molar-refractivity contribution in [2.24, 2.45) is 0 Å². The van der Waals surface area contributed by atoms with Crippen LogP contribution in [0.4, 0.5) is 5.69 Å². The Bertz CT molecular complexity index is 843. The summed E-state index contributed by atoms with van der Waals surface area (Å²) in [6.45, 7) is 6.42. The molecule has 134 valence electrons. The molecule has 0 aliphatic rings. The van der Waals surface area contributed by atoms with Crippen molar-refractivity contribution < 1.29 is 13.2 Å². The fourth-order valence-corrected chi connectivity index (χ4v) is 3.44. The lowest BCUT2D eigenvalue weighted by atomic mass is 10.1. The Morgan fingerprint density at radius 1 is 1.04 bits per heavy atom. The number of hydrogen-bond donors (Lipinski definition) is 2. The molecule has 2 N–H and O–H groups in total. The van der Waals surface area contributed by atoms with Gasteiger partial charge in [-0.05, 0) is 61.7 Å². The first kappa shape index (κ1) is 19.0. The summed E-state index contributed by atoms with van der Waals surface area (Å²) in [5, 5.41) is 2.81. The molecule has 0 spiro atoms. The maximum atomic E-state index is 12.5. The molecule has 0 aliphatic heterocycles. The molecule has 5 nitrogen and oxygen atoms in total. The molecule has 2 aromatic carbocycles. The Labute approximate surface area is 149 Å². The van der Waals surface area contributed by atoms with Crippen molar-refractivity contribution in [1.82, 2.24) is 5.32 Å². The van der Waals surface area contributed by atoms with Crippen LogP contribution in [0.15, 0.2) is 47.4 Å². The smallest absolute Gasteiger partial charge is 0.261 e. The molecule has 0 aromatic heterocycles. The van der Waals surface area contributed by atoms with Crippen LogP contribution in [0.5, 0.6) is 0 Å². The minimum absolute atomic E-state index is 0.124. The van der Waals surface area contributed by atoms with E-state index in [1.807, 2.05) is 26.0 Å². The number of rotatable bonds is 7. The fourth-order valence-electron chi connectivity index (χ4n) is 2.32. The number of sulfonamides is 1. The van der Waals surface area contributed by atoms with E-state index in [1.165, 1.54) is 24.3 Å². The van der Waals surface area contributed by atoms with E-state index >= 15 is 0 Å². The third kappa shape index (κ3) is 5.06. The molecule has 0 fully saturated rings. The lowest BCUT2D eigenvalue weighted by Crippen LogP contribution is -2.24. The number of aryl methyl sites for hydroxylation is 2. The van der Waals surface area contributed by atoms with Crippen molar-refractivity contribution in [3.05, 3.63) is 59.2 Å².